The number of carbonyl (C=O) groups excluding carboxylic acids is 1. The van der Waals surface area contributed by atoms with Gasteiger partial charge in [0.2, 0.25) is 0 Å². The number of benzene rings is 1. The van der Waals surface area contributed by atoms with E-state index in [2.05, 4.69) is 25.4 Å². The molecule has 0 unspecified atom stereocenters. The van der Waals surface area contributed by atoms with Crippen molar-refractivity contribution in [1.82, 2.24) is 25.1 Å². The summed E-state index contributed by atoms with van der Waals surface area (Å²) >= 11 is 1.24. The van der Waals surface area contributed by atoms with Crippen LogP contribution in [0.2, 0.25) is 0 Å². The fraction of sp³-hybridized carbons (Fsp3) is 0.192. The SMILES string of the molecule is CCOc1cn(-c2cnc(N)s2)nc1C(=O)NC1=CCC=C(Oc2ccnc3cc(OC)c(OC)cc23)C=N1. The maximum absolute atomic E-state index is 13.1. The average molecular weight is 548 g/mol. The number of ether oxygens (including phenoxy) is 4. The lowest BCUT2D eigenvalue weighted by Gasteiger charge is -2.12. The molecule has 4 aromatic rings. The number of amides is 1. The standard InChI is InChI=1S/C26H25N7O5S/c1-4-37-21-14-33(23-13-30-26(27)39-23)32-24(21)25(34)31-22-7-5-6-15(12-29-22)38-18-8-9-28-17-11-20(36-3)19(35-2)10-16(17)18/h6-14H,4-5H2,1-3H3,(H2,27,30)(H,31,34). The van der Waals surface area contributed by atoms with Crippen molar-refractivity contribution in [2.45, 2.75) is 13.3 Å². The molecule has 0 radical (unpaired) electrons. The molecule has 0 fully saturated rings. The fourth-order valence-electron chi connectivity index (χ4n) is 3.79. The quantitative estimate of drug-likeness (QED) is 0.318. The summed E-state index contributed by atoms with van der Waals surface area (Å²) in [5, 5.41) is 8.97. The van der Waals surface area contributed by atoms with Crippen molar-refractivity contribution in [3.63, 3.8) is 0 Å². The number of rotatable bonds is 9. The van der Waals surface area contributed by atoms with E-state index >= 15 is 0 Å². The van der Waals surface area contributed by atoms with Gasteiger partial charge in [0.05, 0.1) is 45.0 Å². The summed E-state index contributed by atoms with van der Waals surface area (Å²) in [6.45, 7) is 2.19. The van der Waals surface area contributed by atoms with Crippen LogP contribution in [0.3, 0.4) is 0 Å². The van der Waals surface area contributed by atoms with Gasteiger partial charge in [-0.05, 0) is 37.6 Å². The van der Waals surface area contributed by atoms with Crippen LogP contribution >= 0.6 is 11.3 Å². The van der Waals surface area contributed by atoms with Crippen molar-refractivity contribution in [3.05, 3.63) is 66.2 Å². The molecule has 13 heteroatoms. The summed E-state index contributed by atoms with van der Waals surface area (Å²) in [4.78, 5) is 25.9. The van der Waals surface area contributed by atoms with Crippen LogP contribution < -0.4 is 30.0 Å². The second-order valence-electron chi connectivity index (χ2n) is 8.04. The molecule has 0 saturated heterocycles. The molecular formula is C26H25N7O5S. The topological polar surface area (TPSA) is 148 Å². The number of carbonyl (C=O) groups is 1. The monoisotopic (exact) mass is 547 g/mol. The third-order valence-corrected chi connectivity index (χ3v) is 6.39. The highest BCUT2D eigenvalue weighted by Gasteiger charge is 2.21. The lowest BCUT2D eigenvalue weighted by atomic mass is 10.2. The number of hydrogen-bond acceptors (Lipinski definition) is 11. The highest BCUT2D eigenvalue weighted by atomic mass is 32.1. The number of nitrogens with zero attached hydrogens (tertiary/aromatic N) is 5. The molecule has 200 valence electrons. The number of aromatic nitrogens is 4. The van der Waals surface area contributed by atoms with Crippen molar-refractivity contribution < 1.29 is 23.7 Å². The van der Waals surface area contributed by atoms with Crippen LogP contribution in [0.1, 0.15) is 23.8 Å². The van der Waals surface area contributed by atoms with Gasteiger partial charge in [-0.3, -0.25) is 9.78 Å². The molecule has 5 rings (SSSR count). The number of nitrogens with one attached hydrogen (secondary N) is 1. The van der Waals surface area contributed by atoms with E-state index in [-0.39, 0.29) is 5.69 Å². The number of aliphatic imine (C=N–C) groups is 1. The molecule has 0 atom stereocenters. The van der Waals surface area contributed by atoms with Crippen LogP contribution in [-0.4, -0.2) is 52.7 Å². The molecule has 1 amide bonds. The molecule has 0 aliphatic carbocycles. The zero-order valence-corrected chi connectivity index (χ0v) is 22.2. The third-order valence-electron chi connectivity index (χ3n) is 5.57. The van der Waals surface area contributed by atoms with E-state index in [9.17, 15) is 4.79 Å². The smallest absolute Gasteiger partial charge is 0.281 e. The predicted molar refractivity (Wildman–Crippen MR) is 147 cm³/mol. The summed E-state index contributed by atoms with van der Waals surface area (Å²) in [5.74, 6) is 2.41. The Morgan fingerprint density at radius 1 is 1.13 bits per heavy atom. The molecule has 3 N–H and O–H groups in total. The molecule has 1 aliphatic heterocycles. The van der Waals surface area contributed by atoms with Gasteiger partial charge in [0.1, 0.15) is 22.3 Å². The predicted octanol–water partition coefficient (Wildman–Crippen LogP) is 3.88. The largest absolute Gasteiger partial charge is 0.493 e. The molecule has 0 saturated carbocycles. The van der Waals surface area contributed by atoms with E-state index in [1.165, 1.54) is 22.2 Å². The maximum atomic E-state index is 13.1. The molecule has 1 aliphatic rings. The summed E-state index contributed by atoms with van der Waals surface area (Å²) < 4.78 is 24.1. The molecule has 1 aromatic carbocycles. The number of hydrogen-bond donors (Lipinski definition) is 2. The van der Waals surface area contributed by atoms with E-state index < -0.39 is 5.91 Å². The maximum Gasteiger partial charge on any atom is 0.281 e. The van der Waals surface area contributed by atoms with Crippen molar-refractivity contribution in [3.8, 4) is 28.0 Å². The minimum atomic E-state index is -0.469. The lowest BCUT2D eigenvalue weighted by molar-refractivity contribution is 0.0956. The van der Waals surface area contributed by atoms with E-state index in [0.717, 1.165) is 5.39 Å². The van der Waals surface area contributed by atoms with Gasteiger partial charge in [0.15, 0.2) is 28.1 Å². The average Bonchev–Trinajstić information content (AvgIpc) is 3.50. The van der Waals surface area contributed by atoms with Crippen molar-refractivity contribution in [1.29, 1.82) is 0 Å². The molecular weight excluding hydrogens is 522 g/mol. The van der Waals surface area contributed by atoms with Crippen LogP contribution in [0, 0.1) is 0 Å². The van der Waals surface area contributed by atoms with Gasteiger partial charge in [-0.2, -0.15) is 5.10 Å². The third kappa shape index (κ3) is 5.52. The Labute approximate surface area is 227 Å². The first kappa shape index (κ1) is 25.7. The van der Waals surface area contributed by atoms with Gasteiger partial charge in [0, 0.05) is 17.6 Å². The number of fused-ring (bicyclic) bond motifs is 1. The van der Waals surface area contributed by atoms with Gasteiger partial charge in [-0.1, -0.05) is 11.3 Å². The fourth-order valence-corrected chi connectivity index (χ4v) is 4.40. The van der Waals surface area contributed by atoms with Gasteiger partial charge in [-0.15, -0.1) is 0 Å². The number of anilines is 1. The van der Waals surface area contributed by atoms with E-state index in [0.29, 0.717) is 63.3 Å². The van der Waals surface area contributed by atoms with Crippen LogP contribution in [0.5, 0.6) is 23.0 Å². The first-order chi connectivity index (χ1) is 19.0. The lowest BCUT2D eigenvalue weighted by Crippen LogP contribution is -2.23. The summed E-state index contributed by atoms with van der Waals surface area (Å²) in [6, 6.07) is 5.35. The van der Waals surface area contributed by atoms with E-state index in [4.69, 9.17) is 24.7 Å². The van der Waals surface area contributed by atoms with E-state index in [1.54, 1.807) is 51.0 Å². The van der Waals surface area contributed by atoms with Crippen LogP contribution in [0.25, 0.3) is 15.9 Å². The summed E-state index contributed by atoms with van der Waals surface area (Å²) in [7, 11) is 3.14. The number of methoxy groups -OCH3 is 2. The number of thiazole rings is 1. The Hall–Kier alpha value is -4.91. The van der Waals surface area contributed by atoms with Crippen molar-refractivity contribution in [2.24, 2.45) is 4.99 Å². The number of allylic oxidation sites excluding steroid dienone is 3. The second-order valence-corrected chi connectivity index (χ2v) is 9.08. The van der Waals surface area contributed by atoms with Crippen molar-refractivity contribution >= 4 is 39.5 Å². The summed E-state index contributed by atoms with van der Waals surface area (Å²) in [6.07, 6.45) is 10.5. The molecule has 0 bridgehead atoms. The number of nitrogens with two attached hydrogens (primary N) is 1. The Kier molecular flexibility index (Phi) is 7.41. The minimum absolute atomic E-state index is 0.112. The normalized spacial score (nSPS) is 12.9. The van der Waals surface area contributed by atoms with Gasteiger partial charge in [-0.25, -0.2) is 14.7 Å². The Balaban J connectivity index is 1.32. The molecule has 12 nitrogen and oxygen atoms in total. The summed E-state index contributed by atoms with van der Waals surface area (Å²) in [5.41, 5.74) is 6.53. The Morgan fingerprint density at radius 3 is 2.69 bits per heavy atom. The Bertz CT molecular complexity index is 1620. The van der Waals surface area contributed by atoms with Gasteiger partial charge in [0.25, 0.3) is 5.91 Å². The van der Waals surface area contributed by atoms with Crippen LogP contribution in [0.4, 0.5) is 5.13 Å². The molecule has 3 aromatic heterocycles. The zero-order chi connectivity index (χ0) is 27.4. The van der Waals surface area contributed by atoms with E-state index in [1.807, 2.05) is 19.1 Å². The first-order valence-corrected chi connectivity index (χ1v) is 12.7. The minimum Gasteiger partial charge on any atom is -0.493 e. The molecule has 0 spiro atoms. The zero-order valence-electron chi connectivity index (χ0n) is 21.4. The van der Waals surface area contributed by atoms with Gasteiger partial charge >= 0.3 is 0 Å². The van der Waals surface area contributed by atoms with Crippen LogP contribution in [-0.2, 0) is 0 Å². The number of nitrogen functional groups attached to an aromatic ring is 1. The van der Waals surface area contributed by atoms with Crippen LogP contribution in [0.15, 0.2) is 65.5 Å². The number of pyridine rings is 1. The Morgan fingerprint density at radius 2 is 1.95 bits per heavy atom. The first-order valence-electron chi connectivity index (χ1n) is 11.9. The highest BCUT2D eigenvalue weighted by molar-refractivity contribution is 7.17. The highest BCUT2D eigenvalue weighted by Crippen LogP contribution is 2.36. The van der Waals surface area contributed by atoms with Gasteiger partial charge < -0.3 is 30.0 Å². The second kappa shape index (κ2) is 11.2. The van der Waals surface area contributed by atoms with Crippen molar-refractivity contribution in [2.75, 3.05) is 26.6 Å². The molecule has 39 heavy (non-hydrogen) atoms. The molecule has 4 heterocycles.